The molecule has 0 aromatic heterocycles. The van der Waals surface area contributed by atoms with Gasteiger partial charge in [-0.05, 0) is 73.2 Å². The van der Waals surface area contributed by atoms with Gasteiger partial charge in [-0.1, -0.05) is 86.6 Å². The Bertz CT molecular complexity index is 1320. The third kappa shape index (κ3) is 12.8. The fourth-order valence-corrected chi connectivity index (χ4v) is 4.72. The van der Waals surface area contributed by atoms with Crippen LogP contribution >= 0.6 is 0 Å². The molecular formula is C38H55CoN3O5. The summed E-state index contributed by atoms with van der Waals surface area (Å²) in [5.41, 5.74) is 0.892. The molecule has 261 valence electrons. The number of rotatable bonds is 11. The number of nitrogens with zero attached hydrogens (tertiary/aromatic N) is 2. The summed E-state index contributed by atoms with van der Waals surface area (Å²) in [4.78, 5) is 26.5. The Balaban J connectivity index is 0.000000468. The van der Waals surface area contributed by atoms with Gasteiger partial charge < -0.3 is 15.5 Å². The van der Waals surface area contributed by atoms with Crippen molar-refractivity contribution in [3.63, 3.8) is 0 Å². The second-order valence-corrected chi connectivity index (χ2v) is 14.7. The van der Waals surface area contributed by atoms with E-state index in [1.165, 1.54) is 0 Å². The summed E-state index contributed by atoms with van der Waals surface area (Å²) < 4.78 is 0. The summed E-state index contributed by atoms with van der Waals surface area (Å²) in [5.74, 6) is 0.564. The first kappa shape index (κ1) is 41.9. The zero-order valence-corrected chi connectivity index (χ0v) is 30.6. The molecule has 47 heavy (non-hydrogen) atoms. The van der Waals surface area contributed by atoms with Gasteiger partial charge in [-0.15, -0.1) is 0 Å². The number of allylic oxidation sites excluding steroid dienone is 2. The number of aromatic hydroxyl groups is 2. The maximum Gasteiger partial charge on any atom is 0.185 e. The number of phenols is 2. The third-order valence-corrected chi connectivity index (χ3v) is 7.76. The molecule has 9 heteroatoms. The number of ketones is 1. The van der Waals surface area contributed by atoms with E-state index in [2.05, 4.69) is 15.3 Å². The molecule has 1 aliphatic rings. The number of nitrogens with one attached hydrogen (secondary N) is 1. The van der Waals surface area contributed by atoms with Gasteiger partial charge in [0.15, 0.2) is 5.78 Å². The number of aliphatic imine (C=N–C) groups is 2. The van der Waals surface area contributed by atoms with Gasteiger partial charge in [0, 0.05) is 70.0 Å². The van der Waals surface area contributed by atoms with Crippen molar-refractivity contribution in [1.29, 1.82) is 0 Å². The number of para-hydroxylation sites is 2. The second-order valence-electron chi connectivity index (χ2n) is 14.7. The van der Waals surface area contributed by atoms with E-state index in [4.69, 9.17) is 4.89 Å². The average Bonchev–Trinajstić information content (AvgIpc) is 2.96. The summed E-state index contributed by atoms with van der Waals surface area (Å²) in [7, 11) is 0. The van der Waals surface area contributed by atoms with Gasteiger partial charge in [-0.2, -0.15) is 0 Å². The molecular weight excluding hydrogens is 637 g/mol. The van der Waals surface area contributed by atoms with Crippen molar-refractivity contribution in [2.45, 2.75) is 80.8 Å². The molecule has 0 saturated heterocycles. The van der Waals surface area contributed by atoms with Crippen LogP contribution in [0.2, 0.25) is 0 Å². The molecule has 0 aliphatic heterocycles. The predicted octanol–water partition coefficient (Wildman–Crippen LogP) is 7.79. The van der Waals surface area contributed by atoms with Gasteiger partial charge in [0.1, 0.15) is 17.1 Å². The van der Waals surface area contributed by atoms with Crippen LogP contribution in [0.3, 0.4) is 0 Å². The first-order chi connectivity index (χ1) is 21.4. The van der Waals surface area contributed by atoms with E-state index >= 15 is 0 Å². The van der Waals surface area contributed by atoms with E-state index in [1.807, 2.05) is 86.6 Å². The molecule has 0 atom stereocenters. The van der Waals surface area contributed by atoms with Crippen molar-refractivity contribution in [2.24, 2.45) is 26.2 Å². The van der Waals surface area contributed by atoms with Crippen LogP contribution in [-0.4, -0.2) is 65.5 Å². The molecule has 1 aliphatic carbocycles. The fourth-order valence-electron chi connectivity index (χ4n) is 4.72. The number of carbonyl (C=O) groups excluding carboxylic acids is 1. The molecule has 2 aromatic carbocycles. The molecule has 0 unspecified atom stereocenters. The Morgan fingerprint density at radius 2 is 1.11 bits per heavy atom. The van der Waals surface area contributed by atoms with Crippen molar-refractivity contribution >= 4 is 18.2 Å². The summed E-state index contributed by atoms with van der Waals surface area (Å²) in [6.07, 6.45) is 8.91. The standard InChI is InChI=1S/C20H25N3O2.C18H30O3.Co/c24-19-9-3-1-7-17(19)15-22-13-5-11-21-12-6-14-23-16-18-8-2-4-10-20(18)25;1-15(2,3)12-10-18(21-20,17(7,8)9)11-13(14(12)19)16(4,5)6;/h1-4,7-10,15-16,21,24-25H,5-6,11-14H2;10-11,20H,1-9H3;. The number of carbonyl (C=O) groups is 1. The summed E-state index contributed by atoms with van der Waals surface area (Å²) in [6, 6.07) is 14.3. The predicted molar refractivity (Wildman–Crippen MR) is 189 cm³/mol. The minimum absolute atomic E-state index is 0. The Morgan fingerprint density at radius 3 is 1.43 bits per heavy atom. The Kier molecular flexibility index (Phi) is 16.5. The number of hydrogen-bond acceptors (Lipinski definition) is 8. The molecule has 1 radical (unpaired) electrons. The van der Waals surface area contributed by atoms with Crippen molar-refractivity contribution in [1.82, 2.24) is 5.32 Å². The van der Waals surface area contributed by atoms with Crippen molar-refractivity contribution in [2.75, 3.05) is 26.2 Å². The number of phenolic OH excluding ortho intramolecular Hbond substituents is 2. The molecule has 0 heterocycles. The average molecular weight is 693 g/mol. The van der Waals surface area contributed by atoms with E-state index in [-0.39, 0.29) is 50.3 Å². The molecule has 3 rings (SSSR count). The molecule has 2 aromatic rings. The smallest absolute Gasteiger partial charge is 0.185 e. The molecule has 0 spiro atoms. The maximum absolute atomic E-state index is 12.9. The second kappa shape index (κ2) is 18.5. The van der Waals surface area contributed by atoms with E-state index < -0.39 is 5.60 Å². The Hall–Kier alpha value is -3.08. The van der Waals surface area contributed by atoms with E-state index in [0.29, 0.717) is 11.1 Å². The topological polar surface area (TPSA) is 124 Å². The van der Waals surface area contributed by atoms with Gasteiger partial charge in [-0.25, -0.2) is 4.89 Å². The third-order valence-electron chi connectivity index (χ3n) is 7.76. The van der Waals surface area contributed by atoms with Gasteiger partial charge in [0.2, 0.25) is 0 Å². The minimum Gasteiger partial charge on any atom is -0.507 e. The monoisotopic (exact) mass is 692 g/mol. The van der Waals surface area contributed by atoms with E-state index in [1.54, 1.807) is 48.8 Å². The van der Waals surface area contributed by atoms with Crippen LogP contribution in [0.15, 0.2) is 81.8 Å². The SMILES string of the molecule is CC(C)(C)C1=CC(OO)(C(C)(C)C)C=C(C(C)(C)C)C1=O.Oc1ccccc1C=NCCCNCCCN=Cc1ccccc1O.[Co]. The molecule has 8 nitrogen and oxygen atoms in total. The van der Waals surface area contributed by atoms with Crippen LogP contribution in [0.25, 0.3) is 0 Å². The zero-order chi connectivity index (χ0) is 34.6. The summed E-state index contributed by atoms with van der Waals surface area (Å²) in [6.45, 7) is 21.3. The van der Waals surface area contributed by atoms with Gasteiger partial charge in [0.05, 0.1) is 0 Å². The van der Waals surface area contributed by atoms with Crippen LogP contribution in [0.1, 0.15) is 86.3 Å². The zero-order valence-electron chi connectivity index (χ0n) is 29.6. The van der Waals surface area contributed by atoms with Crippen molar-refractivity contribution < 1.29 is 41.9 Å². The Morgan fingerprint density at radius 1 is 0.723 bits per heavy atom. The van der Waals surface area contributed by atoms with E-state index in [9.17, 15) is 20.3 Å². The van der Waals surface area contributed by atoms with Crippen LogP contribution in [0.4, 0.5) is 0 Å². The van der Waals surface area contributed by atoms with Crippen LogP contribution in [0, 0.1) is 16.2 Å². The first-order valence-corrected chi connectivity index (χ1v) is 16.0. The summed E-state index contributed by atoms with van der Waals surface area (Å²) >= 11 is 0. The van der Waals surface area contributed by atoms with Gasteiger partial charge >= 0.3 is 0 Å². The first-order valence-electron chi connectivity index (χ1n) is 16.0. The maximum atomic E-state index is 12.9. The quantitative estimate of drug-likeness (QED) is 0.0825. The normalized spacial score (nSPS) is 15.1. The summed E-state index contributed by atoms with van der Waals surface area (Å²) in [5, 5.41) is 32.2. The molecule has 0 fully saturated rings. The fraction of sp³-hybridized carbons (Fsp3) is 0.500. The minimum atomic E-state index is -0.994. The van der Waals surface area contributed by atoms with Gasteiger partial charge in [-0.3, -0.25) is 20.0 Å². The molecule has 4 N–H and O–H groups in total. The van der Waals surface area contributed by atoms with Crippen LogP contribution < -0.4 is 5.32 Å². The Labute approximate surface area is 292 Å². The van der Waals surface area contributed by atoms with Gasteiger partial charge in [0.25, 0.3) is 0 Å². The number of Topliss-reactive ketones (excluding diaryl/α,β-unsaturated/α-hetero) is 1. The van der Waals surface area contributed by atoms with Crippen LogP contribution in [-0.2, 0) is 26.5 Å². The van der Waals surface area contributed by atoms with Crippen LogP contribution in [0.5, 0.6) is 11.5 Å². The van der Waals surface area contributed by atoms with Crippen molar-refractivity contribution in [3.05, 3.63) is 83.0 Å². The largest absolute Gasteiger partial charge is 0.507 e. The van der Waals surface area contributed by atoms with E-state index in [0.717, 1.165) is 50.1 Å². The number of hydrogen-bond donors (Lipinski definition) is 4. The number of benzene rings is 2. The van der Waals surface area contributed by atoms with Crippen molar-refractivity contribution in [3.8, 4) is 11.5 Å². The molecule has 0 bridgehead atoms. The molecule has 0 amide bonds. The molecule has 0 saturated carbocycles.